The minimum Gasteiger partial charge on any atom is -0.460 e. The summed E-state index contributed by atoms with van der Waals surface area (Å²) in [5, 5.41) is 23.6. The highest BCUT2D eigenvalue weighted by Gasteiger charge is 2.53. The number of hydrogen-bond acceptors (Lipinski definition) is 16. The van der Waals surface area contributed by atoms with Crippen molar-refractivity contribution in [1.29, 1.82) is 0 Å². The number of hydrogen-bond donors (Lipinski definition) is 2. The number of ether oxygens (including phenoxy) is 8. The first-order valence-corrected chi connectivity index (χ1v) is 27.8. The summed E-state index contributed by atoms with van der Waals surface area (Å²) in [6.45, 7) is 18.3. The first kappa shape index (κ1) is 62.9. The van der Waals surface area contributed by atoms with E-state index in [0.29, 0.717) is 69.8 Å². The number of Topliss-reactive ketones (excluding diaryl/α,β-unsaturated/α-hetero) is 3. The number of allylic oxidation sites excluding steroid dienone is 6. The van der Waals surface area contributed by atoms with Gasteiger partial charge in [0, 0.05) is 58.5 Å². The zero-order valence-electron chi connectivity index (χ0n) is 47.7. The number of methoxy groups -OCH3 is 3. The van der Waals surface area contributed by atoms with Gasteiger partial charge in [0.25, 0.3) is 11.7 Å². The van der Waals surface area contributed by atoms with Crippen LogP contribution in [0.1, 0.15) is 146 Å². The van der Waals surface area contributed by atoms with Crippen molar-refractivity contribution in [3.05, 3.63) is 47.6 Å². The number of ketones is 3. The number of piperidine rings is 1. The fourth-order valence-electron chi connectivity index (χ4n) is 11.4. The maximum Gasteiger partial charge on any atom is 0.329 e. The summed E-state index contributed by atoms with van der Waals surface area (Å²) < 4.78 is 47.6. The minimum atomic E-state index is -2.46. The molecule has 0 radical (unpaired) electrons. The normalized spacial score (nSPS) is 37.7. The molecule has 4 heterocycles. The molecule has 17 nitrogen and oxygen atoms in total. The molecule has 1 aliphatic carbocycles. The summed E-state index contributed by atoms with van der Waals surface area (Å²) >= 11 is 0. The molecule has 4 fully saturated rings. The molecule has 2 N–H and O–H groups in total. The number of nitrogens with zero attached hydrogens (tertiary/aromatic N) is 1. The molecular weight excluding hydrogens is 979 g/mol. The van der Waals surface area contributed by atoms with Crippen molar-refractivity contribution in [2.45, 2.75) is 207 Å². The average molecular weight is 1070 g/mol. The van der Waals surface area contributed by atoms with E-state index in [2.05, 4.69) is 0 Å². The van der Waals surface area contributed by atoms with Crippen molar-refractivity contribution in [3.8, 4) is 0 Å². The molecule has 17 heteroatoms. The lowest BCUT2D eigenvalue weighted by Crippen LogP contribution is -2.61. The third-order valence-corrected chi connectivity index (χ3v) is 16.7. The van der Waals surface area contributed by atoms with Gasteiger partial charge in [0.2, 0.25) is 5.79 Å². The Balaban J connectivity index is 1.43. The van der Waals surface area contributed by atoms with Crippen LogP contribution in [-0.4, -0.2) is 152 Å². The second-order valence-corrected chi connectivity index (χ2v) is 23.5. The van der Waals surface area contributed by atoms with Gasteiger partial charge in [0.1, 0.15) is 41.7 Å². The van der Waals surface area contributed by atoms with Crippen molar-refractivity contribution in [2.75, 3.05) is 41.1 Å². The van der Waals surface area contributed by atoms with Gasteiger partial charge < -0.3 is 53.0 Å². The fraction of sp³-hybridized carbons (Fsp3) is 0.763. The minimum absolute atomic E-state index is 0.000496. The Labute approximate surface area is 451 Å². The Morgan fingerprint density at radius 1 is 0.829 bits per heavy atom. The lowest BCUT2D eigenvalue weighted by Gasteiger charge is -2.43. The number of esters is 2. The van der Waals surface area contributed by atoms with E-state index in [1.807, 2.05) is 58.1 Å². The van der Waals surface area contributed by atoms with Gasteiger partial charge in [-0.1, -0.05) is 71.1 Å². The van der Waals surface area contributed by atoms with Crippen LogP contribution in [-0.2, 0) is 66.7 Å². The number of carbonyl (C=O) groups is 6. The van der Waals surface area contributed by atoms with Crippen LogP contribution in [0.15, 0.2) is 47.6 Å². The molecule has 1 saturated carbocycles. The first-order valence-electron chi connectivity index (χ1n) is 27.8. The zero-order valence-corrected chi connectivity index (χ0v) is 47.7. The summed E-state index contributed by atoms with van der Waals surface area (Å²) in [5.41, 5.74) is 0.243. The highest BCUT2D eigenvalue weighted by Crippen LogP contribution is 2.39. The number of carbonyl (C=O) groups excluding carboxylic acids is 6. The topological polar surface area (TPSA) is 220 Å². The number of aliphatic hydroxyl groups excluding tert-OH is 1. The smallest absolute Gasteiger partial charge is 0.329 e. The van der Waals surface area contributed by atoms with Crippen molar-refractivity contribution in [2.24, 2.45) is 40.9 Å². The number of amides is 1. The third kappa shape index (κ3) is 16.1. The standard InChI is InChI=1S/C59H91NO16/c1-35-19-15-14-16-20-36(2)47(69-11)31-43-24-22-41(7)59(68,76-43)53(64)54(65)60-26-18-17-21-44(60)55(66)74-48(32-45(61)37(3)28-40(6)51(63)52(71-13)50(62)39(5)27-35)38(4)29-42-23-25-46(49(30-42)70-12)75-56(67)58(10)33-72-57(8,9)73-34-58/h14-16,19-20,28,35,37-39,41-44,46-49,51-52,63,68H,17-18,21-27,29-34H2,1-13H3/b16-14?,19-15-,36-20?,40-28-/t35-,37-,38-,39-,41-,42+,43+,44+,46-,47+,48+,49-,51-,52+,59-/m1/s1. The quantitative estimate of drug-likeness (QED) is 0.136. The van der Waals surface area contributed by atoms with Crippen LogP contribution in [0.5, 0.6) is 0 Å². The van der Waals surface area contributed by atoms with Crippen LogP contribution in [0.2, 0.25) is 0 Å². The molecule has 0 spiro atoms. The van der Waals surface area contributed by atoms with Gasteiger partial charge in [-0.2, -0.15) is 0 Å². The molecule has 428 valence electrons. The van der Waals surface area contributed by atoms with E-state index in [1.54, 1.807) is 61.8 Å². The molecule has 0 aromatic carbocycles. The second kappa shape index (κ2) is 27.8. The van der Waals surface area contributed by atoms with E-state index < -0.39 is 113 Å². The molecule has 1 amide bonds. The number of fused-ring (bicyclic) bond motifs is 3. The van der Waals surface area contributed by atoms with Gasteiger partial charge in [-0.25, -0.2) is 4.79 Å². The van der Waals surface area contributed by atoms with E-state index in [9.17, 15) is 39.0 Å². The molecule has 5 aliphatic rings. The van der Waals surface area contributed by atoms with E-state index in [0.717, 1.165) is 5.57 Å². The van der Waals surface area contributed by atoms with Gasteiger partial charge in [-0.05, 0) is 128 Å². The Kier molecular flexibility index (Phi) is 23.0. The lowest BCUT2D eigenvalue weighted by molar-refractivity contribution is -0.283. The third-order valence-electron chi connectivity index (χ3n) is 16.7. The van der Waals surface area contributed by atoms with Crippen molar-refractivity contribution in [3.63, 3.8) is 0 Å². The van der Waals surface area contributed by atoms with Crippen molar-refractivity contribution >= 4 is 35.2 Å². The van der Waals surface area contributed by atoms with Crippen LogP contribution >= 0.6 is 0 Å². The van der Waals surface area contributed by atoms with Gasteiger partial charge >= 0.3 is 11.9 Å². The van der Waals surface area contributed by atoms with E-state index in [-0.39, 0.29) is 56.0 Å². The monoisotopic (exact) mass is 1070 g/mol. The Bertz CT molecular complexity index is 2140. The Morgan fingerprint density at radius 3 is 2.18 bits per heavy atom. The Hall–Kier alpha value is -3.94. The van der Waals surface area contributed by atoms with Gasteiger partial charge in [0.05, 0.1) is 31.5 Å². The number of aliphatic hydroxyl groups is 2. The van der Waals surface area contributed by atoms with E-state index in [4.69, 9.17) is 37.9 Å². The number of rotatable bonds is 8. The average Bonchev–Trinajstić information content (AvgIpc) is 3.39. The summed E-state index contributed by atoms with van der Waals surface area (Å²) in [4.78, 5) is 86.3. The van der Waals surface area contributed by atoms with Gasteiger partial charge in [-0.3, -0.25) is 24.0 Å². The van der Waals surface area contributed by atoms with Crippen LogP contribution in [0.3, 0.4) is 0 Å². The maximum atomic E-state index is 14.6. The largest absolute Gasteiger partial charge is 0.460 e. The molecule has 4 aliphatic heterocycles. The summed E-state index contributed by atoms with van der Waals surface area (Å²) in [7, 11) is 4.52. The molecule has 0 aromatic heterocycles. The molecule has 15 atom stereocenters. The van der Waals surface area contributed by atoms with Crippen LogP contribution < -0.4 is 0 Å². The van der Waals surface area contributed by atoms with Crippen LogP contribution in [0.4, 0.5) is 0 Å². The molecule has 0 aromatic rings. The Morgan fingerprint density at radius 2 is 1.53 bits per heavy atom. The van der Waals surface area contributed by atoms with Crippen molar-refractivity contribution < 1.29 is 76.9 Å². The molecule has 0 unspecified atom stereocenters. The molecule has 3 saturated heterocycles. The number of cyclic esters (lactones) is 1. The highest BCUT2D eigenvalue weighted by molar-refractivity contribution is 6.39. The predicted octanol–water partition coefficient (Wildman–Crippen LogP) is 7.52. The van der Waals surface area contributed by atoms with Gasteiger partial charge in [-0.15, -0.1) is 0 Å². The highest BCUT2D eigenvalue weighted by atomic mass is 16.7. The zero-order chi connectivity index (χ0) is 56.3. The SMILES string of the molecule is CO[C@H]1C[C@@H]2CC[C@@H](C)[C@@](O)(O2)C(=O)C(=O)N2CCCC[C@H]2C(=O)O[C@H]([C@H](C)C[C@@H]2CC[C@@H](OC(=O)C3(C)COC(C)(C)OC3)[C@H](OC)C2)CC(=O)[C@H](C)/C=C(/C)[C@@H](O)[C@@H](OC)C(=O)[C@H](C)C[C@H](C)/C=C\C=CC=C1C. The molecule has 5 rings (SSSR count). The second-order valence-electron chi connectivity index (χ2n) is 23.5. The maximum absolute atomic E-state index is 14.6. The van der Waals surface area contributed by atoms with E-state index >= 15 is 0 Å². The summed E-state index contributed by atoms with van der Waals surface area (Å²) in [6.07, 6.45) is 10.5. The van der Waals surface area contributed by atoms with E-state index in [1.165, 1.54) is 12.0 Å². The first-order chi connectivity index (χ1) is 35.8. The van der Waals surface area contributed by atoms with Crippen LogP contribution in [0.25, 0.3) is 0 Å². The lowest BCUT2D eigenvalue weighted by atomic mass is 9.78. The molecule has 2 bridgehead atoms. The van der Waals surface area contributed by atoms with Gasteiger partial charge in [0.15, 0.2) is 11.6 Å². The predicted molar refractivity (Wildman–Crippen MR) is 283 cm³/mol. The van der Waals surface area contributed by atoms with Crippen LogP contribution in [0, 0.1) is 40.9 Å². The molecule has 76 heavy (non-hydrogen) atoms. The molecular formula is C59H91NO16. The van der Waals surface area contributed by atoms with Crippen molar-refractivity contribution in [1.82, 2.24) is 4.90 Å². The summed E-state index contributed by atoms with van der Waals surface area (Å²) in [6, 6.07) is -1.18. The fourth-order valence-corrected chi connectivity index (χ4v) is 11.4. The summed E-state index contributed by atoms with van der Waals surface area (Å²) in [5.74, 6) is -9.63.